The van der Waals surface area contributed by atoms with Crippen LogP contribution in [0.25, 0.3) is 0 Å². The molecular weight excluding hydrogens is 316 g/mol. The molecule has 0 saturated heterocycles. The highest BCUT2D eigenvalue weighted by atomic mass is 127. The molecule has 1 aromatic rings. The van der Waals surface area contributed by atoms with Crippen LogP contribution in [0.2, 0.25) is 0 Å². The van der Waals surface area contributed by atoms with Crippen LogP contribution in [0, 0.1) is 5.95 Å². The van der Waals surface area contributed by atoms with E-state index in [0.717, 1.165) is 0 Å². The lowest BCUT2D eigenvalue weighted by Crippen LogP contribution is -1.83. The van der Waals surface area contributed by atoms with E-state index in [1.54, 1.807) is 23.0 Å². The summed E-state index contributed by atoms with van der Waals surface area (Å²) in [5, 5.41) is 0. The lowest BCUT2D eigenvalue weighted by Gasteiger charge is -1.97. The molecular formula is C5H2BrFINO. The van der Waals surface area contributed by atoms with Gasteiger partial charge in [0.05, 0.1) is 4.47 Å². The topological polar surface area (TPSA) is 22.1 Å². The third kappa shape index (κ3) is 1.79. The Morgan fingerprint density at radius 3 is 2.90 bits per heavy atom. The zero-order valence-electron chi connectivity index (χ0n) is 4.64. The molecule has 1 rings (SSSR count). The van der Waals surface area contributed by atoms with Gasteiger partial charge in [-0.1, -0.05) is 0 Å². The van der Waals surface area contributed by atoms with Crippen molar-refractivity contribution in [1.29, 1.82) is 0 Å². The molecule has 0 amide bonds. The molecule has 1 heterocycles. The third-order valence-corrected chi connectivity index (χ3v) is 1.94. The van der Waals surface area contributed by atoms with E-state index in [1.165, 1.54) is 12.3 Å². The molecule has 0 aliphatic heterocycles. The van der Waals surface area contributed by atoms with Crippen LogP contribution in [-0.4, -0.2) is 4.98 Å². The molecule has 0 N–H and O–H groups in total. The van der Waals surface area contributed by atoms with E-state index in [1.807, 2.05) is 0 Å². The molecule has 54 valence electrons. The Morgan fingerprint density at radius 2 is 2.40 bits per heavy atom. The summed E-state index contributed by atoms with van der Waals surface area (Å²) in [6.07, 6.45) is 1.35. The van der Waals surface area contributed by atoms with Crippen molar-refractivity contribution in [2.24, 2.45) is 0 Å². The van der Waals surface area contributed by atoms with Crippen molar-refractivity contribution in [2.75, 3.05) is 0 Å². The van der Waals surface area contributed by atoms with Gasteiger partial charge in [0.25, 0.3) is 0 Å². The van der Waals surface area contributed by atoms with Crippen molar-refractivity contribution < 1.29 is 7.46 Å². The Bertz CT molecular complexity index is 245. The quantitative estimate of drug-likeness (QED) is 0.587. The second kappa shape index (κ2) is 3.47. The summed E-state index contributed by atoms with van der Waals surface area (Å²) in [7, 11) is 0. The first-order valence-corrected chi connectivity index (χ1v) is 4.01. The SMILES string of the molecule is Fc1cc(OI)c(Br)cn1. The summed E-state index contributed by atoms with van der Waals surface area (Å²) >= 11 is 4.80. The average Bonchev–Trinajstić information content (AvgIpc) is 1.94. The number of rotatable bonds is 1. The molecule has 1 aromatic heterocycles. The van der Waals surface area contributed by atoms with E-state index in [0.29, 0.717) is 10.2 Å². The molecule has 0 bridgehead atoms. The van der Waals surface area contributed by atoms with Gasteiger partial charge in [0.1, 0.15) is 0 Å². The van der Waals surface area contributed by atoms with Crippen molar-refractivity contribution in [3.05, 3.63) is 22.7 Å². The summed E-state index contributed by atoms with van der Waals surface area (Å²) in [6, 6.07) is 1.20. The Kier molecular flexibility index (Phi) is 2.84. The molecule has 0 spiro atoms. The Morgan fingerprint density at radius 1 is 1.70 bits per heavy atom. The maximum absolute atomic E-state index is 12.3. The summed E-state index contributed by atoms with van der Waals surface area (Å²) in [4.78, 5) is 3.39. The monoisotopic (exact) mass is 317 g/mol. The lowest BCUT2D eigenvalue weighted by atomic mass is 10.4. The number of aromatic nitrogens is 1. The molecule has 0 atom stereocenters. The molecule has 0 radical (unpaired) electrons. The zero-order valence-corrected chi connectivity index (χ0v) is 8.39. The second-order valence-corrected chi connectivity index (χ2v) is 2.81. The molecule has 0 saturated carbocycles. The van der Waals surface area contributed by atoms with Gasteiger partial charge in [0.15, 0.2) is 28.8 Å². The maximum atomic E-state index is 12.3. The van der Waals surface area contributed by atoms with Gasteiger partial charge >= 0.3 is 0 Å². The van der Waals surface area contributed by atoms with E-state index in [9.17, 15) is 4.39 Å². The van der Waals surface area contributed by atoms with E-state index < -0.39 is 5.95 Å². The summed E-state index contributed by atoms with van der Waals surface area (Å²) < 4.78 is 17.7. The predicted octanol–water partition coefficient (Wildman–Crippen LogP) is 2.71. The molecule has 0 fully saturated rings. The minimum absolute atomic E-state index is 0.438. The van der Waals surface area contributed by atoms with Gasteiger partial charge in [-0.25, -0.2) is 4.98 Å². The summed E-state index contributed by atoms with van der Waals surface area (Å²) in [5.41, 5.74) is 0. The van der Waals surface area contributed by atoms with Crippen LogP contribution in [0.5, 0.6) is 5.75 Å². The lowest BCUT2D eigenvalue weighted by molar-refractivity contribution is 0.572. The largest absolute Gasteiger partial charge is 0.426 e. The molecule has 0 aromatic carbocycles. The highest BCUT2D eigenvalue weighted by Crippen LogP contribution is 2.25. The van der Waals surface area contributed by atoms with Gasteiger partial charge in [-0.3, -0.25) is 0 Å². The smallest absolute Gasteiger partial charge is 0.216 e. The van der Waals surface area contributed by atoms with Gasteiger partial charge in [0.2, 0.25) is 5.95 Å². The molecule has 10 heavy (non-hydrogen) atoms. The van der Waals surface area contributed by atoms with E-state index in [4.69, 9.17) is 3.07 Å². The van der Waals surface area contributed by atoms with Crippen molar-refractivity contribution in [2.45, 2.75) is 0 Å². The highest BCUT2D eigenvalue weighted by Gasteiger charge is 2.01. The van der Waals surface area contributed by atoms with Gasteiger partial charge in [0, 0.05) is 12.3 Å². The Labute approximate surface area is 79.6 Å². The first kappa shape index (κ1) is 8.19. The van der Waals surface area contributed by atoms with Crippen LogP contribution >= 0.6 is 38.9 Å². The van der Waals surface area contributed by atoms with Crippen LogP contribution in [-0.2, 0) is 0 Å². The Hall–Kier alpha value is 0.0900. The van der Waals surface area contributed by atoms with Crippen molar-refractivity contribution >= 4 is 38.9 Å². The van der Waals surface area contributed by atoms with Gasteiger partial charge in [-0.15, -0.1) is 0 Å². The van der Waals surface area contributed by atoms with Crippen LogP contribution in [0.3, 0.4) is 0 Å². The minimum Gasteiger partial charge on any atom is -0.426 e. The van der Waals surface area contributed by atoms with E-state index in [2.05, 4.69) is 20.9 Å². The number of halogens is 3. The number of nitrogens with zero attached hydrogens (tertiary/aromatic N) is 1. The van der Waals surface area contributed by atoms with Crippen LogP contribution in [0.4, 0.5) is 4.39 Å². The van der Waals surface area contributed by atoms with Gasteiger partial charge in [-0.2, -0.15) is 4.39 Å². The normalized spacial score (nSPS) is 9.50. The van der Waals surface area contributed by atoms with Gasteiger partial charge in [-0.05, 0) is 15.9 Å². The summed E-state index contributed by atoms with van der Waals surface area (Å²) in [6.45, 7) is 0. The van der Waals surface area contributed by atoms with Crippen LogP contribution < -0.4 is 3.07 Å². The van der Waals surface area contributed by atoms with E-state index in [-0.39, 0.29) is 0 Å². The van der Waals surface area contributed by atoms with Crippen molar-refractivity contribution in [3.8, 4) is 5.75 Å². The molecule has 0 aliphatic carbocycles. The predicted molar refractivity (Wildman–Crippen MR) is 46.5 cm³/mol. The minimum atomic E-state index is -0.546. The number of hydrogen-bond acceptors (Lipinski definition) is 2. The molecule has 2 nitrogen and oxygen atoms in total. The van der Waals surface area contributed by atoms with Crippen LogP contribution in [0.15, 0.2) is 16.7 Å². The number of hydrogen-bond donors (Lipinski definition) is 0. The average molecular weight is 318 g/mol. The first-order chi connectivity index (χ1) is 4.74. The fourth-order valence-corrected chi connectivity index (χ4v) is 1.42. The van der Waals surface area contributed by atoms with Gasteiger partial charge < -0.3 is 3.07 Å². The molecule has 0 unspecified atom stereocenters. The fraction of sp³-hybridized carbons (Fsp3) is 0. The second-order valence-electron chi connectivity index (χ2n) is 1.51. The van der Waals surface area contributed by atoms with E-state index >= 15 is 0 Å². The first-order valence-electron chi connectivity index (χ1n) is 2.33. The van der Waals surface area contributed by atoms with Crippen molar-refractivity contribution in [3.63, 3.8) is 0 Å². The Balaban J connectivity index is 3.09. The van der Waals surface area contributed by atoms with Crippen LogP contribution in [0.1, 0.15) is 0 Å². The molecule has 5 heteroatoms. The highest BCUT2D eigenvalue weighted by molar-refractivity contribution is 14.1. The fourth-order valence-electron chi connectivity index (χ4n) is 0.455. The number of pyridine rings is 1. The summed E-state index contributed by atoms with van der Waals surface area (Å²) in [5.74, 6) is -0.108. The third-order valence-electron chi connectivity index (χ3n) is 0.870. The van der Waals surface area contributed by atoms with Crippen molar-refractivity contribution in [1.82, 2.24) is 4.98 Å². The standard InChI is InChI=1S/C5H2BrFINO/c6-3-2-9-5(7)1-4(3)10-8/h1-2H. The molecule has 0 aliphatic rings. The zero-order chi connectivity index (χ0) is 7.56. The maximum Gasteiger partial charge on any atom is 0.216 e.